The number of rotatable bonds is 1. The molecular formula is C17H16ClN5S. The lowest BCUT2D eigenvalue weighted by molar-refractivity contribution is 0.379. The quantitative estimate of drug-likeness (QED) is 0.626. The highest BCUT2D eigenvalue weighted by molar-refractivity contribution is 7.80. The number of anilines is 1. The number of thiocarbonyl (C=S) groups is 1. The molecule has 0 aliphatic carbocycles. The van der Waals surface area contributed by atoms with Crippen molar-refractivity contribution >= 4 is 45.7 Å². The van der Waals surface area contributed by atoms with Gasteiger partial charge in [-0.15, -0.1) is 5.10 Å². The Morgan fingerprint density at radius 3 is 2.46 bits per heavy atom. The molecule has 0 amide bonds. The van der Waals surface area contributed by atoms with Gasteiger partial charge in [-0.3, -0.25) is 0 Å². The Hall–Kier alpha value is -2.18. The summed E-state index contributed by atoms with van der Waals surface area (Å²) in [5, 5.41) is 9.87. The van der Waals surface area contributed by atoms with Crippen LogP contribution in [-0.4, -0.2) is 51.2 Å². The lowest BCUT2D eigenvalue weighted by atomic mass is 10.2. The average Bonchev–Trinajstić information content (AvgIpc) is 3.06. The topological polar surface area (TPSA) is 37.2 Å². The second-order valence-electron chi connectivity index (χ2n) is 5.70. The monoisotopic (exact) mass is 357 g/mol. The van der Waals surface area contributed by atoms with Crippen LogP contribution in [0.15, 0.2) is 48.5 Å². The van der Waals surface area contributed by atoms with Crippen molar-refractivity contribution < 1.29 is 0 Å². The Labute approximate surface area is 150 Å². The molecule has 1 fully saturated rings. The number of nitrogens with zero attached hydrogens (tertiary/aromatic N) is 5. The zero-order valence-corrected chi connectivity index (χ0v) is 14.5. The van der Waals surface area contributed by atoms with E-state index >= 15 is 0 Å². The van der Waals surface area contributed by atoms with Crippen molar-refractivity contribution in [2.24, 2.45) is 0 Å². The predicted molar refractivity (Wildman–Crippen MR) is 101 cm³/mol. The molecule has 0 spiro atoms. The molecule has 5 nitrogen and oxygen atoms in total. The summed E-state index contributed by atoms with van der Waals surface area (Å²) in [4.78, 5) is 4.46. The molecule has 0 bridgehead atoms. The van der Waals surface area contributed by atoms with Crippen LogP contribution in [0.5, 0.6) is 0 Å². The van der Waals surface area contributed by atoms with Crippen LogP contribution < -0.4 is 4.90 Å². The Morgan fingerprint density at radius 1 is 0.958 bits per heavy atom. The molecule has 0 saturated carbocycles. The molecule has 2 heterocycles. The predicted octanol–water partition coefficient (Wildman–Crippen LogP) is 3.04. The number of halogens is 1. The summed E-state index contributed by atoms with van der Waals surface area (Å²) >= 11 is 11.9. The third-order valence-corrected chi connectivity index (χ3v) is 5.03. The van der Waals surface area contributed by atoms with E-state index in [0.717, 1.165) is 47.9 Å². The number of fused-ring (bicyclic) bond motifs is 1. The van der Waals surface area contributed by atoms with E-state index in [-0.39, 0.29) is 0 Å². The van der Waals surface area contributed by atoms with Gasteiger partial charge in [-0.25, -0.2) is 0 Å². The highest BCUT2D eigenvalue weighted by Gasteiger charge is 2.22. The van der Waals surface area contributed by atoms with E-state index in [2.05, 4.69) is 26.2 Å². The number of piperazine rings is 1. The molecule has 4 rings (SSSR count). The minimum Gasteiger partial charge on any atom is -0.367 e. The van der Waals surface area contributed by atoms with Gasteiger partial charge in [0.15, 0.2) is 5.11 Å². The van der Waals surface area contributed by atoms with Crippen molar-refractivity contribution in [2.75, 3.05) is 31.1 Å². The van der Waals surface area contributed by atoms with E-state index in [0.29, 0.717) is 5.11 Å². The Balaban J connectivity index is 1.50. The van der Waals surface area contributed by atoms with Gasteiger partial charge in [0.2, 0.25) is 0 Å². The first kappa shape index (κ1) is 15.4. The summed E-state index contributed by atoms with van der Waals surface area (Å²) in [5.41, 5.74) is 2.88. The summed E-state index contributed by atoms with van der Waals surface area (Å²) in [6, 6.07) is 15.8. The van der Waals surface area contributed by atoms with Gasteiger partial charge in [-0.1, -0.05) is 41.1 Å². The highest BCUT2D eigenvalue weighted by atomic mass is 35.5. The second kappa shape index (κ2) is 6.37. The van der Waals surface area contributed by atoms with Crippen LogP contribution >= 0.6 is 23.8 Å². The molecule has 1 aliphatic heterocycles. The zero-order valence-electron chi connectivity index (χ0n) is 13.0. The highest BCUT2D eigenvalue weighted by Crippen LogP contribution is 2.26. The van der Waals surface area contributed by atoms with E-state index in [1.165, 1.54) is 0 Å². The third-order valence-electron chi connectivity index (χ3n) is 4.28. The maximum absolute atomic E-state index is 6.30. The molecule has 0 N–H and O–H groups in total. The van der Waals surface area contributed by atoms with E-state index in [9.17, 15) is 0 Å². The number of hydrogen-bond acceptors (Lipinski definition) is 4. The lowest BCUT2D eigenvalue weighted by Crippen LogP contribution is -2.50. The Morgan fingerprint density at radius 2 is 1.67 bits per heavy atom. The fourth-order valence-electron chi connectivity index (χ4n) is 2.99. The van der Waals surface area contributed by atoms with Crippen LogP contribution in [-0.2, 0) is 0 Å². The van der Waals surface area contributed by atoms with Crippen molar-refractivity contribution in [3.8, 4) is 0 Å². The minimum atomic E-state index is 0.697. The average molecular weight is 358 g/mol. The van der Waals surface area contributed by atoms with Gasteiger partial charge < -0.3 is 9.80 Å². The van der Waals surface area contributed by atoms with E-state index in [4.69, 9.17) is 23.8 Å². The number of benzene rings is 2. The van der Waals surface area contributed by atoms with Gasteiger partial charge in [-0.05, 0) is 36.5 Å². The number of hydrogen-bond donors (Lipinski definition) is 0. The van der Waals surface area contributed by atoms with Crippen molar-refractivity contribution in [2.45, 2.75) is 0 Å². The first-order valence-electron chi connectivity index (χ1n) is 7.83. The summed E-state index contributed by atoms with van der Waals surface area (Å²) in [5.74, 6) is 0. The van der Waals surface area contributed by atoms with Crippen molar-refractivity contribution in [3.05, 3.63) is 53.6 Å². The fourth-order valence-corrected chi connectivity index (χ4v) is 3.56. The van der Waals surface area contributed by atoms with Gasteiger partial charge in [0, 0.05) is 26.2 Å². The van der Waals surface area contributed by atoms with E-state index < -0.39 is 0 Å². The molecule has 2 aromatic carbocycles. The minimum absolute atomic E-state index is 0.697. The molecule has 1 aliphatic rings. The number of para-hydroxylation sites is 2. The van der Waals surface area contributed by atoms with Crippen LogP contribution in [0.4, 0.5) is 5.69 Å². The smallest absolute Gasteiger partial charge is 0.198 e. The molecule has 7 heteroatoms. The second-order valence-corrected chi connectivity index (χ2v) is 6.47. The standard InChI is InChI=1S/C17H16ClN5S/c18-13-5-1-3-7-15(13)21-9-11-22(12-10-21)17(24)23-16-8-4-2-6-14(16)19-20-23/h1-8H,9-12H2. The summed E-state index contributed by atoms with van der Waals surface area (Å²) < 4.78 is 1.75. The van der Waals surface area contributed by atoms with Gasteiger partial charge in [0.1, 0.15) is 5.52 Å². The fraction of sp³-hybridized carbons (Fsp3) is 0.235. The summed E-state index contributed by atoms with van der Waals surface area (Å²) in [7, 11) is 0. The van der Waals surface area contributed by atoms with Crippen molar-refractivity contribution in [1.29, 1.82) is 0 Å². The normalized spacial score (nSPS) is 15.0. The van der Waals surface area contributed by atoms with E-state index in [1.54, 1.807) is 4.68 Å². The summed E-state index contributed by atoms with van der Waals surface area (Å²) in [6.45, 7) is 3.41. The Bertz CT molecular complexity index is 885. The molecule has 0 unspecified atom stereocenters. The molecule has 3 aromatic rings. The van der Waals surface area contributed by atoms with Crippen LogP contribution in [0.1, 0.15) is 0 Å². The SMILES string of the molecule is S=C(N1CCN(c2ccccc2Cl)CC1)n1nnc2ccccc21. The van der Waals surface area contributed by atoms with Gasteiger partial charge in [-0.2, -0.15) is 4.68 Å². The molecule has 122 valence electrons. The largest absolute Gasteiger partial charge is 0.367 e. The molecular weight excluding hydrogens is 342 g/mol. The van der Waals surface area contributed by atoms with Gasteiger partial charge in [0.05, 0.1) is 16.2 Å². The lowest BCUT2D eigenvalue weighted by Gasteiger charge is -2.37. The molecule has 1 saturated heterocycles. The zero-order chi connectivity index (χ0) is 16.5. The van der Waals surface area contributed by atoms with Crippen LogP contribution in [0.2, 0.25) is 5.02 Å². The van der Waals surface area contributed by atoms with Crippen LogP contribution in [0.25, 0.3) is 11.0 Å². The first-order valence-corrected chi connectivity index (χ1v) is 8.62. The van der Waals surface area contributed by atoms with Crippen molar-refractivity contribution in [3.63, 3.8) is 0 Å². The van der Waals surface area contributed by atoms with Crippen LogP contribution in [0, 0.1) is 0 Å². The molecule has 24 heavy (non-hydrogen) atoms. The molecule has 0 radical (unpaired) electrons. The van der Waals surface area contributed by atoms with Gasteiger partial charge >= 0.3 is 0 Å². The van der Waals surface area contributed by atoms with Crippen LogP contribution in [0.3, 0.4) is 0 Å². The summed E-state index contributed by atoms with van der Waals surface area (Å²) in [6.07, 6.45) is 0. The first-order chi connectivity index (χ1) is 11.7. The molecule has 0 atom stereocenters. The van der Waals surface area contributed by atoms with Crippen molar-refractivity contribution in [1.82, 2.24) is 19.9 Å². The number of aromatic nitrogens is 3. The third kappa shape index (κ3) is 2.72. The molecule has 1 aromatic heterocycles. The Kier molecular flexibility index (Phi) is 4.08. The van der Waals surface area contributed by atoms with E-state index in [1.807, 2.05) is 42.5 Å². The maximum Gasteiger partial charge on any atom is 0.198 e. The maximum atomic E-state index is 6.30. The van der Waals surface area contributed by atoms with Gasteiger partial charge in [0.25, 0.3) is 0 Å².